The summed E-state index contributed by atoms with van der Waals surface area (Å²) in [5, 5.41) is 6.40. The first-order valence-corrected chi connectivity index (χ1v) is 8.83. The molecule has 1 N–H and O–H groups in total. The topological polar surface area (TPSA) is 92.5 Å². The molecule has 130 valence electrons. The van der Waals surface area contributed by atoms with Gasteiger partial charge >= 0.3 is 0 Å². The number of benzene rings is 1. The Hall–Kier alpha value is -2.19. The molecule has 1 amide bonds. The summed E-state index contributed by atoms with van der Waals surface area (Å²) in [5.74, 6) is -0.212. The molecular formula is C16H21N3O4S. The van der Waals surface area contributed by atoms with E-state index in [4.69, 9.17) is 4.52 Å². The highest BCUT2D eigenvalue weighted by Crippen LogP contribution is 2.22. The van der Waals surface area contributed by atoms with Crippen LogP contribution in [-0.2, 0) is 14.8 Å². The minimum absolute atomic E-state index is 0.00420. The highest BCUT2D eigenvalue weighted by Gasteiger charge is 2.29. The number of hydrogen-bond donors (Lipinski definition) is 1. The summed E-state index contributed by atoms with van der Waals surface area (Å²) in [6.45, 7) is 6.56. The molecule has 0 fully saturated rings. The number of nitrogens with zero attached hydrogens (tertiary/aromatic N) is 2. The molecule has 1 heterocycles. The first-order chi connectivity index (χ1) is 11.1. The van der Waals surface area contributed by atoms with Crippen molar-refractivity contribution in [3.8, 4) is 0 Å². The molecule has 2 aromatic rings. The maximum Gasteiger partial charge on any atom is 0.248 e. The van der Waals surface area contributed by atoms with E-state index in [0.29, 0.717) is 5.69 Å². The number of hydrogen-bond acceptors (Lipinski definition) is 5. The van der Waals surface area contributed by atoms with Crippen LogP contribution in [0.25, 0.3) is 0 Å². The first kappa shape index (κ1) is 18.2. The van der Waals surface area contributed by atoms with Crippen molar-refractivity contribution in [2.75, 3.05) is 18.9 Å². The second kappa shape index (κ2) is 6.74. The van der Waals surface area contributed by atoms with E-state index in [2.05, 4.69) is 10.5 Å². The highest BCUT2D eigenvalue weighted by molar-refractivity contribution is 7.89. The molecule has 0 aliphatic carbocycles. The van der Waals surface area contributed by atoms with Gasteiger partial charge in [-0.2, -0.15) is 4.31 Å². The van der Waals surface area contributed by atoms with E-state index >= 15 is 0 Å². The molecule has 24 heavy (non-hydrogen) atoms. The van der Waals surface area contributed by atoms with Crippen molar-refractivity contribution >= 4 is 21.6 Å². The Balaban J connectivity index is 2.15. The lowest BCUT2D eigenvalue weighted by molar-refractivity contribution is -0.116. The van der Waals surface area contributed by atoms with Gasteiger partial charge in [0.15, 0.2) is 5.76 Å². The number of nitrogens with one attached hydrogen (secondary N) is 1. The quantitative estimate of drug-likeness (QED) is 0.891. The lowest BCUT2D eigenvalue weighted by atomic mass is 10.1. The maximum absolute atomic E-state index is 12.6. The van der Waals surface area contributed by atoms with E-state index < -0.39 is 15.9 Å². The van der Waals surface area contributed by atoms with Gasteiger partial charge in [-0.05, 0) is 44.9 Å². The van der Waals surface area contributed by atoms with Crippen LogP contribution in [0.4, 0.5) is 5.69 Å². The van der Waals surface area contributed by atoms with Gasteiger partial charge in [-0.25, -0.2) is 8.42 Å². The van der Waals surface area contributed by atoms with E-state index in [9.17, 15) is 13.2 Å². The van der Waals surface area contributed by atoms with Gasteiger partial charge in [0.2, 0.25) is 15.9 Å². The van der Waals surface area contributed by atoms with Crippen LogP contribution in [-0.4, -0.2) is 37.4 Å². The molecular weight excluding hydrogens is 330 g/mol. The summed E-state index contributed by atoms with van der Waals surface area (Å²) < 4.78 is 31.1. The Morgan fingerprint density at radius 3 is 2.50 bits per heavy atom. The molecule has 8 heteroatoms. The van der Waals surface area contributed by atoms with Crippen molar-refractivity contribution < 1.29 is 17.7 Å². The number of aryl methyl sites for hydroxylation is 4. The molecule has 0 bridgehead atoms. The standard InChI is InChI=1S/C16H21N3O4S/c1-10-6-7-11(2)14(8-10)17-15(20)9-19(5)24(21,22)16-12(3)18-23-13(16)4/h6-8H,9H2,1-5H3,(H,17,20). The number of amides is 1. The van der Waals surface area contributed by atoms with Gasteiger partial charge < -0.3 is 9.84 Å². The molecule has 1 aromatic carbocycles. The molecule has 7 nitrogen and oxygen atoms in total. The van der Waals surface area contributed by atoms with E-state index in [1.165, 1.54) is 14.0 Å². The number of anilines is 1. The zero-order valence-corrected chi connectivity index (χ0v) is 15.2. The van der Waals surface area contributed by atoms with E-state index in [1.807, 2.05) is 32.0 Å². The fourth-order valence-electron chi connectivity index (χ4n) is 2.35. The number of carbonyl (C=O) groups excluding carboxylic acids is 1. The van der Waals surface area contributed by atoms with Crippen molar-refractivity contribution in [3.05, 3.63) is 40.8 Å². The number of carbonyl (C=O) groups is 1. The van der Waals surface area contributed by atoms with Gasteiger partial charge in [-0.3, -0.25) is 4.79 Å². The van der Waals surface area contributed by atoms with Gasteiger partial charge in [0.1, 0.15) is 10.6 Å². The summed E-state index contributed by atoms with van der Waals surface area (Å²) in [4.78, 5) is 12.2. The Labute approximate surface area is 141 Å². The SMILES string of the molecule is Cc1ccc(C)c(NC(=O)CN(C)S(=O)(=O)c2c(C)noc2C)c1. The number of sulfonamides is 1. The summed E-state index contributed by atoms with van der Waals surface area (Å²) >= 11 is 0. The zero-order valence-electron chi connectivity index (χ0n) is 14.4. The van der Waals surface area contributed by atoms with E-state index in [-0.39, 0.29) is 22.9 Å². The van der Waals surface area contributed by atoms with Crippen molar-refractivity contribution in [1.82, 2.24) is 9.46 Å². The van der Waals surface area contributed by atoms with Crippen molar-refractivity contribution in [2.45, 2.75) is 32.6 Å². The summed E-state index contributed by atoms with van der Waals surface area (Å²) in [5.41, 5.74) is 2.86. The molecule has 0 saturated carbocycles. The van der Waals surface area contributed by atoms with Crippen molar-refractivity contribution in [1.29, 1.82) is 0 Å². The highest BCUT2D eigenvalue weighted by atomic mass is 32.2. The molecule has 1 aromatic heterocycles. The smallest absolute Gasteiger partial charge is 0.248 e. The molecule has 0 spiro atoms. The van der Waals surface area contributed by atoms with Crippen LogP contribution in [0.1, 0.15) is 22.6 Å². The third-order valence-electron chi connectivity index (χ3n) is 3.67. The predicted octanol–water partition coefficient (Wildman–Crippen LogP) is 2.17. The molecule has 0 radical (unpaired) electrons. The Bertz CT molecular complexity index is 852. The normalized spacial score (nSPS) is 11.8. The summed E-state index contributed by atoms with van der Waals surface area (Å²) in [7, 11) is -2.50. The average Bonchev–Trinajstić information content (AvgIpc) is 2.82. The van der Waals surface area contributed by atoms with Gasteiger partial charge in [-0.15, -0.1) is 0 Å². The van der Waals surface area contributed by atoms with Crippen LogP contribution in [0, 0.1) is 27.7 Å². The van der Waals surface area contributed by atoms with Gasteiger partial charge in [0.25, 0.3) is 0 Å². The molecule has 2 rings (SSSR count). The molecule has 0 aliphatic rings. The Morgan fingerprint density at radius 1 is 1.25 bits per heavy atom. The van der Waals surface area contributed by atoms with Crippen LogP contribution >= 0.6 is 0 Å². The average molecular weight is 351 g/mol. The minimum atomic E-state index is -3.85. The molecule has 0 unspecified atom stereocenters. The number of aromatic nitrogens is 1. The van der Waals surface area contributed by atoms with Crippen LogP contribution in [0.15, 0.2) is 27.6 Å². The second-order valence-corrected chi connectivity index (χ2v) is 7.76. The predicted molar refractivity (Wildman–Crippen MR) is 90.3 cm³/mol. The summed E-state index contributed by atoms with van der Waals surface area (Å²) in [6, 6.07) is 5.68. The van der Waals surface area contributed by atoms with Gasteiger partial charge in [0.05, 0.1) is 6.54 Å². The number of rotatable bonds is 5. The third-order valence-corrected chi connectivity index (χ3v) is 5.72. The number of likely N-dealkylation sites (N-methyl/N-ethyl adjacent to an activating group) is 1. The van der Waals surface area contributed by atoms with Crippen LogP contribution in [0.2, 0.25) is 0 Å². The van der Waals surface area contributed by atoms with Crippen LogP contribution in [0.3, 0.4) is 0 Å². The Kier molecular flexibility index (Phi) is 5.10. The Morgan fingerprint density at radius 2 is 1.92 bits per heavy atom. The van der Waals surface area contributed by atoms with Crippen molar-refractivity contribution in [3.63, 3.8) is 0 Å². The zero-order chi connectivity index (χ0) is 18.1. The molecule has 0 aliphatic heterocycles. The van der Waals surface area contributed by atoms with Gasteiger partial charge in [-0.1, -0.05) is 17.3 Å². The van der Waals surface area contributed by atoms with E-state index in [0.717, 1.165) is 15.4 Å². The fraction of sp³-hybridized carbons (Fsp3) is 0.375. The summed E-state index contributed by atoms with van der Waals surface area (Å²) in [6.07, 6.45) is 0. The van der Waals surface area contributed by atoms with E-state index in [1.54, 1.807) is 6.92 Å². The lowest BCUT2D eigenvalue weighted by Gasteiger charge is -2.17. The van der Waals surface area contributed by atoms with Crippen molar-refractivity contribution in [2.24, 2.45) is 0 Å². The first-order valence-electron chi connectivity index (χ1n) is 7.39. The van der Waals surface area contributed by atoms with Crippen LogP contribution < -0.4 is 5.32 Å². The lowest BCUT2D eigenvalue weighted by Crippen LogP contribution is -2.35. The molecule has 0 saturated heterocycles. The van der Waals surface area contributed by atoms with Crippen LogP contribution in [0.5, 0.6) is 0 Å². The second-order valence-electron chi connectivity index (χ2n) is 5.78. The maximum atomic E-state index is 12.6. The molecule has 0 atom stereocenters. The monoisotopic (exact) mass is 351 g/mol. The van der Waals surface area contributed by atoms with Gasteiger partial charge in [0, 0.05) is 12.7 Å². The largest absolute Gasteiger partial charge is 0.360 e. The third kappa shape index (κ3) is 3.65. The minimum Gasteiger partial charge on any atom is -0.360 e. The fourth-order valence-corrected chi connectivity index (χ4v) is 3.76.